The van der Waals surface area contributed by atoms with Crippen LogP contribution in [0.4, 0.5) is 5.13 Å². The molecule has 2 amide bonds. The lowest BCUT2D eigenvalue weighted by molar-refractivity contribution is -0.686. The van der Waals surface area contributed by atoms with Gasteiger partial charge in [0.15, 0.2) is 23.2 Å². The SMILES string of the molecule is C=CCO/N=C(\C(=O)N[C@@H]1C(=O)N2C(C(=O)[O-])=C(CSc3cc[n+](CC(=O)O)cc3)CS[C@H]12)c1csc(N)n1. The van der Waals surface area contributed by atoms with E-state index in [2.05, 4.69) is 22.0 Å². The van der Waals surface area contributed by atoms with Crippen molar-refractivity contribution in [2.24, 2.45) is 5.16 Å². The number of pyridine rings is 1. The number of carbonyl (C=O) groups excluding carboxylic acids is 3. The van der Waals surface area contributed by atoms with Crippen molar-refractivity contribution in [2.45, 2.75) is 22.9 Å². The minimum atomic E-state index is -1.49. The monoisotopic (exact) mass is 590 g/mol. The molecule has 0 radical (unpaired) electrons. The van der Waals surface area contributed by atoms with Crippen molar-refractivity contribution in [1.29, 1.82) is 0 Å². The largest absolute Gasteiger partial charge is 0.543 e. The third-order valence-corrected chi connectivity index (χ3v) is 8.56. The zero-order chi connectivity index (χ0) is 28.1. The summed E-state index contributed by atoms with van der Waals surface area (Å²) in [5.74, 6) is -3.21. The number of hydrogen-bond donors (Lipinski definition) is 3. The second kappa shape index (κ2) is 12.3. The molecule has 2 aromatic heterocycles. The first-order chi connectivity index (χ1) is 18.7. The van der Waals surface area contributed by atoms with Crippen molar-refractivity contribution >= 4 is 69.5 Å². The summed E-state index contributed by atoms with van der Waals surface area (Å²) in [7, 11) is 0. The van der Waals surface area contributed by atoms with Crippen LogP contribution in [-0.4, -0.2) is 74.0 Å². The van der Waals surface area contributed by atoms with Crippen LogP contribution < -0.4 is 20.7 Å². The molecule has 2 aliphatic rings. The van der Waals surface area contributed by atoms with Gasteiger partial charge in [-0.15, -0.1) is 34.9 Å². The van der Waals surface area contributed by atoms with Gasteiger partial charge in [0.05, 0.1) is 11.7 Å². The van der Waals surface area contributed by atoms with Gasteiger partial charge < -0.3 is 30.9 Å². The van der Waals surface area contributed by atoms with Gasteiger partial charge in [0.25, 0.3) is 11.8 Å². The molecule has 16 heteroatoms. The summed E-state index contributed by atoms with van der Waals surface area (Å²) >= 11 is 3.76. The van der Waals surface area contributed by atoms with Crippen LogP contribution in [0.3, 0.4) is 0 Å². The Morgan fingerprint density at radius 2 is 2.15 bits per heavy atom. The van der Waals surface area contributed by atoms with Gasteiger partial charge in [-0.3, -0.25) is 14.5 Å². The van der Waals surface area contributed by atoms with Gasteiger partial charge in [0.2, 0.25) is 6.54 Å². The molecular weight excluding hydrogens is 568 g/mol. The standard InChI is InChI=1S/C23H22N6O7S3/c1-2-7-36-27-16(14-11-39-23(24)25-14)19(32)26-17-20(33)29-18(22(34)35)12(10-38-21(17)29)9-37-13-3-5-28(6-4-13)8-15(30)31/h2-6,11,17,21H,1,7-10H2,(H4-,24,25,26,30,31,32,34,35)/b27-16-/t17-,21-/m1/s1. The number of hydrogen-bond acceptors (Lipinski definition) is 12. The molecular formula is C23H22N6O7S3. The number of oxime groups is 1. The summed E-state index contributed by atoms with van der Waals surface area (Å²) in [6, 6.07) is 2.45. The topological polar surface area (TPSA) is 191 Å². The number of nitrogens with two attached hydrogens (primary N) is 1. The van der Waals surface area contributed by atoms with Crippen molar-refractivity contribution in [2.75, 3.05) is 23.8 Å². The maximum absolute atomic E-state index is 13.0. The number of anilines is 1. The van der Waals surface area contributed by atoms with Gasteiger partial charge in [-0.2, -0.15) is 4.57 Å². The van der Waals surface area contributed by atoms with Crippen molar-refractivity contribution in [3.8, 4) is 0 Å². The second-order valence-electron chi connectivity index (χ2n) is 8.08. The molecule has 0 unspecified atom stereocenters. The van der Waals surface area contributed by atoms with E-state index >= 15 is 0 Å². The number of β-lactam (4-membered cyclic amide) rings is 1. The number of thioether (sulfide) groups is 2. The zero-order valence-corrected chi connectivity index (χ0v) is 22.6. The highest BCUT2D eigenvalue weighted by molar-refractivity contribution is 8.01. The Bertz CT molecular complexity index is 1370. The number of nitrogen functional groups attached to an aromatic ring is 1. The van der Waals surface area contributed by atoms with Crippen LogP contribution in [-0.2, 0) is 30.6 Å². The molecule has 4 N–H and O–H groups in total. The Morgan fingerprint density at radius 1 is 1.41 bits per heavy atom. The Morgan fingerprint density at radius 3 is 2.77 bits per heavy atom. The molecule has 13 nitrogen and oxygen atoms in total. The highest BCUT2D eigenvalue weighted by Gasteiger charge is 2.53. The Kier molecular flexibility index (Phi) is 8.88. The minimum absolute atomic E-state index is 0.0386. The number of aliphatic carboxylic acids is 2. The number of aromatic nitrogens is 2. The molecule has 39 heavy (non-hydrogen) atoms. The van der Waals surface area contributed by atoms with Crippen LogP contribution in [0.5, 0.6) is 0 Å². The lowest BCUT2D eigenvalue weighted by Crippen LogP contribution is -2.71. The molecule has 4 heterocycles. The third-order valence-electron chi connectivity index (χ3n) is 5.45. The van der Waals surface area contributed by atoms with E-state index in [1.54, 1.807) is 24.5 Å². The smallest absolute Gasteiger partial charge is 0.370 e. The number of thiazole rings is 1. The van der Waals surface area contributed by atoms with Gasteiger partial charge >= 0.3 is 5.97 Å². The van der Waals surface area contributed by atoms with E-state index in [0.29, 0.717) is 11.3 Å². The Hall–Kier alpha value is -3.89. The summed E-state index contributed by atoms with van der Waals surface area (Å²) < 4.78 is 1.50. The molecule has 2 aromatic rings. The van der Waals surface area contributed by atoms with Crippen LogP contribution in [0.1, 0.15) is 5.69 Å². The molecule has 1 saturated heterocycles. The molecule has 0 aliphatic carbocycles. The van der Waals surface area contributed by atoms with Gasteiger partial charge in [-0.05, 0) is 5.57 Å². The molecule has 2 atom stereocenters. The summed E-state index contributed by atoms with van der Waals surface area (Å²) in [5.41, 5.74) is 5.94. The number of carboxylic acid groups (broad SMARTS) is 2. The molecule has 0 aromatic carbocycles. The average molecular weight is 591 g/mol. The molecule has 204 valence electrons. The predicted molar refractivity (Wildman–Crippen MR) is 141 cm³/mol. The van der Waals surface area contributed by atoms with Crippen LogP contribution in [0.15, 0.2) is 63.9 Å². The van der Waals surface area contributed by atoms with Crippen molar-refractivity contribution < 1.29 is 38.8 Å². The van der Waals surface area contributed by atoms with E-state index in [-0.39, 0.29) is 41.1 Å². The minimum Gasteiger partial charge on any atom is -0.543 e. The molecule has 0 bridgehead atoms. The maximum Gasteiger partial charge on any atom is 0.370 e. The lowest BCUT2D eigenvalue weighted by atomic mass is 10.0. The molecule has 0 saturated carbocycles. The molecule has 4 rings (SSSR count). The van der Waals surface area contributed by atoms with Crippen molar-refractivity contribution in [1.82, 2.24) is 15.2 Å². The normalized spacial score (nSPS) is 18.7. The number of carbonyl (C=O) groups is 4. The van der Waals surface area contributed by atoms with E-state index in [0.717, 1.165) is 21.1 Å². The van der Waals surface area contributed by atoms with E-state index in [1.807, 2.05) is 0 Å². The predicted octanol–water partition coefficient (Wildman–Crippen LogP) is -0.800. The van der Waals surface area contributed by atoms with Crippen LogP contribution in [0.25, 0.3) is 0 Å². The van der Waals surface area contributed by atoms with Crippen LogP contribution in [0, 0.1) is 0 Å². The van der Waals surface area contributed by atoms with E-state index < -0.39 is 35.2 Å². The first-order valence-corrected chi connectivity index (χ1v) is 14.2. The zero-order valence-electron chi connectivity index (χ0n) is 20.1. The van der Waals surface area contributed by atoms with Crippen molar-refractivity contribution in [3.05, 3.63) is 59.5 Å². The first kappa shape index (κ1) is 28.1. The van der Waals surface area contributed by atoms with Crippen LogP contribution in [0.2, 0.25) is 0 Å². The third kappa shape index (κ3) is 6.40. The molecule has 2 aliphatic heterocycles. The molecule has 1 fully saturated rings. The van der Waals surface area contributed by atoms with Gasteiger partial charge in [0.1, 0.15) is 23.7 Å². The average Bonchev–Trinajstić information content (AvgIpc) is 3.33. The maximum atomic E-state index is 13.0. The summed E-state index contributed by atoms with van der Waals surface area (Å²) in [6.07, 6.45) is 4.67. The number of nitrogens with zero attached hydrogens (tertiary/aromatic N) is 4. The number of rotatable bonds is 12. The summed E-state index contributed by atoms with van der Waals surface area (Å²) in [4.78, 5) is 59.9. The lowest BCUT2D eigenvalue weighted by Gasteiger charge is -2.50. The van der Waals surface area contributed by atoms with E-state index in [1.165, 1.54) is 39.5 Å². The number of amides is 2. The van der Waals surface area contributed by atoms with Crippen molar-refractivity contribution in [3.63, 3.8) is 0 Å². The van der Waals surface area contributed by atoms with Crippen LogP contribution >= 0.6 is 34.9 Å². The van der Waals surface area contributed by atoms with E-state index in [4.69, 9.17) is 15.7 Å². The fourth-order valence-corrected chi connectivity index (χ4v) is 6.64. The first-order valence-electron chi connectivity index (χ1n) is 11.2. The fourth-order valence-electron chi connectivity index (χ4n) is 3.72. The molecule has 0 spiro atoms. The quantitative estimate of drug-likeness (QED) is 0.0533. The highest BCUT2D eigenvalue weighted by atomic mass is 32.2. The second-order valence-corrected chi connectivity index (χ2v) is 11.1. The number of carboxylic acids is 2. The van der Waals surface area contributed by atoms with Gasteiger partial charge in [-0.1, -0.05) is 17.8 Å². The highest BCUT2D eigenvalue weighted by Crippen LogP contribution is 2.41. The fraction of sp³-hybridized carbons (Fsp3) is 0.261. The number of nitrogens with one attached hydrogen (secondary N) is 1. The summed E-state index contributed by atoms with van der Waals surface area (Å²) in [6.45, 7) is 3.38. The van der Waals surface area contributed by atoms with Gasteiger partial charge in [0, 0.05) is 33.9 Å². The van der Waals surface area contributed by atoms with Gasteiger partial charge in [-0.25, -0.2) is 9.78 Å². The van der Waals surface area contributed by atoms with E-state index in [9.17, 15) is 24.3 Å². The Balaban J connectivity index is 1.45. The Labute approximate surface area is 234 Å². The number of fused-ring (bicyclic) bond motifs is 1. The summed E-state index contributed by atoms with van der Waals surface area (Å²) in [5, 5.41) is 28.4.